The number of unbranched alkanes of at least 4 members (excludes halogenated alkanes) is 15. The number of nitrogens with zero attached hydrogens (tertiary/aromatic N) is 4. The molecule has 1 aliphatic heterocycles. The van der Waals surface area contributed by atoms with Crippen molar-refractivity contribution in [2.75, 3.05) is 65.1 Å². The van der Waals surface area contributed by atoms with Crippen LogP contribution in [0.5, 0.6) is 6.01 Å². The van der Waals surface area contributed by atoms with Gasteiger partial charge in [-0.1, -0.05) is 103 Å². The third kappa shape index (κ3) is 21.5. The van der Waals surface area contributed by atoms with Crippen molar-refractivity contribution in [2.45, 2.75) is 116 Å². The Balaban J connectivity index is 1.48. The third-order valence-electron chi connectivity index (χ3n) is 8.12. The van der Waals surface area contributed by atoms with E-state index in [1.54, 1.807) is 18.5 Å². The topological polar surface area (TPSA) is 77.0 Å². The number of allylic oxidation sites excluding steroid dienone is 1. The van der Waals surface area contributed by atoms with Gasteiger partial charge in [-0.05, 0) is 24.6 Å². The van der Waals surface area contributed by atoms with Gasteiger partial charge in [0, 0.05) is 74.6 Å². The lowest BCUT2D eigenvalue weighted by Crippen LogP contribution is -2.32. The molecule has 0 saturated carbocycles. The first kappa shape index (κ1) is 39.2. The number of ether oxygens (including phenoxy) is 3. The largest absolute Gasteiger partial charge is 0.457 e. The molecule has 8 nitrogen and oxygen atoms in total. The molecule has 1 aliphatic rings. The van der Waals surface area contributed by atoms with Crippen LogP contribution >= 0.6 is 0 Å². The fraction of sp³-hybridized carbons (Fsp3) is 0.778. The number of hydrogen-bond donors (Lipinski definition) is 0. The van der Waals surface area contributed by atoms with Gasteiger partial charge in [0.15, 0.2) is 0 Å². The van der Waals surface area contributed by atoms with Crippen LogP contribution in [0.4, 0.5) is 0 Å². The van der Waals surface area contributed by atoms with Crippen molar-refractivity contribution >= 4 is 10.8 Å². The van der Waals surface area contributed by atoms with E-state index in [0.29, 0.717) is 43.9 Å². The van der Waals surface area contributed by atoms with Gasteiger partial charge in [-0.15, -0.1) is 0 Å². The summed E-state index contributed by atoms with van der Waals surface area (Å²) in [5, 5.41) is 0. The maximum absolute atomic E-state index is 12.8. The molecule has 1 aromatic rings. The van der Waals surface area contributed by atoms with Gasteiger partial charge in [0.1, 0.15) is 6.10 Å². The molecule has 0 spiro atoms. The lowest BCUT2D eigenvalue weighted by Gasteiger charge is -2.25. The average Bonchev–Trinajstić information content (AvgIpc) is 3.04. The minimum Gasteiger partial charge on any atom is -0.457 e. The van der Waals surface area contributed by atoms with Crippen molar-refractivity contribution in [3.8, 4) is 6.01 Å². The van der Waals surface area contributed by atoms with Crippen molar-refractivity contribution in [2.24, 2.45) is 0 Å². The van der Waals surface area contributed by atoms with E-state index in [1.807, 2.05) is 14.1 Å². The van der Waals surface area contributed by atoms with Crippen molar-refractivity contribution in [3.63, 3.8) is 0 Å². The molecule has 0 radical (unpaired) electrons. The predicted octanol–water partition coefficient (Wildman–Crippen LogP) is 7.54. The van der Waals surface area contributed by atoms with Crippen LogP contribution in [0.3, 0.4) is 0 Å². The monoisotopic (exact) mass is 648 g/mol. The molecule has 0 bridgehead atoms. The molecule has 258 valence electrons. The van der Waals surface area contributed by atoms with Crippen LogP contribution in [0.15, 0.2) is 42.5 Å². The highest BCUT2D eigenvalue weighted by molar-refractivity contribution is 7.85. The van der Waals surface area contributed by atoms with E-state index in [-0.39, 0.29) is 6.10 Å². The van der Waals surface area contributed by atoms with Crippen molar-refractivity contribution < 1.29 is 18.4 Å². The lowest BCUT2D eigenvalue weighted by molar-refractivity contribution is 0.0537. The Bertz CT molecular complexity index is 916. The predicted molar refractivity (Wildman–Crippen MR) is 188 cm³/mol. The lowest BCUT2D eigenvalue weighted by atomic mass is 10.0. The van der Waals surface area contributed by atoms with E-state index in [9.17, 15) is 4.21 Å². The summed E-state index contributed by atoms with van der Waals surface area (Å²) in [5.74, 6) is 0.836. The molecule has 2 unspecified atom stereocenters. The first-order valence-electron chi connectivity index (χ1n) is 17.8. The summed E-state index contributed by atoms with van der Waals surface area (Å²) in [7, 11) is 3.01. The maximum atomic E-state index is 12.8. The average molecular weight is 649 g/mol. The summed E-state index contributed by atoms with van der Waals surface area (Å²) in [5.41, 5.74) is 1.22. The number of likely N-dealkylation sites (N-methyl/N-ethyl adjacent to an activating group) is 1. The molecule has 0 fully saturated rings. The van der Waals surface area contributed by atoms with E-state index in [0.717, 1.165) is 19.5 Å². The standard InChI is InChI=1S/C36H64N4O4S/c1-4-5-6-7-8-9-10-11-12-13-14-15-16-17-18-19-28-43-32-35(44-36-37-23-20-24-38-36)33-45(41)31-30-42-29-27-40-25-21-34(22-26-40)39(2)3/h20-25,35H,4-19,26-33H2,1-3H3. The summed E-state index contributed by atoms with van der Waals surface area (Å²) in [6.45, 7) is 6.10. The molecule has 2 rings (SSSR count). The first-order valence-corrected chi connectivity index (χ1v) is 19.3. The molecule has 9 heteroatoms. The SMILES string of the molecule is CCCCCCCCCCCCCCCCCCOCC(CS(=O)CCOCCN1C=CC(N(C)C)=CC1)Oc1ncccn1. The number of hydrogen-bond acceptors (Lipinski definition) is 8. The Morgan fingerprint density at radius 3 is 1.98 bits per heavy atom. The Hall–Kier alpha value is -1.97. The highest BCUT2D eigenvalue weighted by Gasteiger charge is 2.17. The van der Waals surface area contributed by atoms with Crippen LogP contribution in [0.2, 0.25) is 0 Å². The summed E-state index contributed by atoms with van der Waals surface area (Å²) in [4.78, 5) is 12.7. The van der Waals surface area contributed by atoms with Crippen LogP contribution in [-0.4, -0.2) is 95.2 Å². The van der Waals surface area contributed by atoms with Crippen molar-refractivity contribution in [1.82, 2.24) is 19.8 Å². The van der Waals surface area contributed by atoms with E-state index in [4.69, 9.17) is 14.2 Å². The van der Waals surface area contributed by atoms with Gasteiger partial charge in [0.2, 0.25) is 0 Å². The number of aromatic nitrogens is 2. The van der Waals surface area contributed by atoms with Crippen molar-refractivity contribution in [1.29, 1.82) is 0 Å². The fourth-order valence-electron chi connectivity index (χ4n) is 5.32. The summed E-state index contributed by atoms with van der Waals surface area (Å²) in [6.07, 6.45) is 31.0. The molecular formula is C36H64N4O4S. The first-order chi connectivity index (χ1) is 22.1. The van der Waals surface area contributed by atoms with Crippen LogP contribution < -0.4 is 4.74 Å². The molecule has 45 heavy (non-hydrogen) atoms. The Morgan fingerprint density at radius 2 is 1.42 bits per heavy atom. The normalized spacial score (nSPS) is 14.4. The van der Waals surface area contributed by atoms with E-state index < -0.39 is 10.8 Å². The molecule has 2 heterocycles. The molecule has 2 atom stereocenters. The summed E-state index contributed by atoms with van der Waals surface area (Å²) < 4.78 is 30.5. The molecule has 0 saturated heterocycles. The molecule has 0 N–H and O–H groups in total. The van der Waals surface area contributed by atoms with Crippen LogP contribution in [0.1, 0.15) is 110 Å². The zero-order chi connectivity index (χ0) is 32.2. The third-order valence-corrected chi connectivity index (χ3v) is 9.48. The molecule has 0 amide bonds. The van der Waals surface area contributed by atoms with Gasteiger partial charge >= 0.3 is 6.01 Å². The summed E-state index contributed by atoms with van der Waals surface area (Å²) in [6, 6.07) is 2.05. The second-order valence-corrected chi connectivity index (χ2v) is 14.0. The highest BCUT2D eigenvalue weighted by atomic mass is 32.2. The maximum Gasteiger partial charge on any atom is 0.316 e. The zero-order valence-electron chi connectivity index (χ0n) is 28.8. The minimum absolute atomic E-state index is 0.294. The van der Waals surface area contributed by atoms with Gasteiger partial charge in [-0.2, -0.15) is 0 Å². The Kier molecular flexibility index (Phi) is 23.7. The molecule has 0 aliphatic carbocycles. The van der Waals surface area contributed by atoms with Gasteiger partial charge in [0.05, 0.1) is 25.6 Å². The second-order valence-electron chi connectivity index (χ2n) is 12.4. The summed E-state index contributed by atoms with van der Waals surface area (Å²) >= 11 is 0. The smallest absolute Gasteiger partial charge is 0.316 e. The minimum atomic E-state index is -1.09. The van der Waals surface area contributed by atoms with Gasteiger partial charge in [-0.25, -0.2) is 9.97 Å². The van der Waals surface area contributed by atoms with Crippen molar-refractivity contribution in [3.05, 3.63) is 42.5 Å². The molecule has 0 aromatic carbocycles. The van der Waals surface area contributed by atoms with E-state index in [2.05, 4.69) is 45.0 Å². The molecular weight excluding hydrogens is 584 g/mol. The van der Waals surface area contributed by atoms with E-state index in [1.165, 1.54) is 102 Å². The van der Waals surface area contributed by atoms with Gasteiger partial charge in [0.25, 0.3) is 0 Å². The van der Waals surface area contributed by atoms with Crippen LogP contribution in [0, 0.1) is 0 Å². The Morgan fingerprint density at radius 1 is 0.822 bits per heavy atom. The zero-order valence-corrected chi connectivity index (χ0v) is 29.7. The van der Waals surface area contributed by atoms with Gasteiger partial charge in [-0.3, -0.25) is 4.21 Å². The van der Waals surface area contributed by atoms with E-state index >= 15 is 0 Å². The van der Waals surface area contributed by atoms with Crippen LogP contribution in [-0.2, 0) is 20.3 Å². The highest BCUT2D eigenvalue weighted by Crippen LogP contribution is 2.14. The second kappa shape index (κ2) is 27.2. The quantitative estimate of drug-likeness (QED) is 0.0792. The fourth-order valence-corrected chi connectivity index (χ4v) is 6.37. The molecule has 1 aromatic heterocycles. The van der Waals surface area contributed by atoms with Gasteiger partial charge < -0.3 is 24.0 Å². The van der Waals surface area contributed by atoms with Crippen LogP contribution in [0.25, 0.3) is 0 Å². The Labute approximate surface area is 277 Å². The number of rotatable bonds is 30.